The van der Waals surface area contributed by atoms with E-state index in [4.69, 9.17) is 0 Å². The van der Waals surface area contributed by atoms with Crippen LogP contribution in [0, 0.1) is 6.92 Å². The van der Waals surface area contributed by atoms with Gasteiger partial charge in [-0.05, 0) is 25.0 Å². The summed E-state index contributed by atoms with van der Waals surface area (Å²) in [5.74, 6) is 1.58. The Kier molecular flexibility index (Phi) is 3.33. The van der Waals surface area contributed by atoms with Gasteiger partial charge in [-0.25, -0.2) is 4.98 Å². The molecule has 0 spiro atoms. The van der Waals surface area contributed by atoms with Gasteiger partial charge in [0.2, 0.25) is 0 Å². The molecule has 1 heterocycles. The standard InChI is InChI=1S/C17H17N3/c1-3-13-8-4-5-10-15(13)17-18-16(19-20-17)14-9-6-7-12(2)11-14/h4-11H,3H2,1-2H3,(H,18,19,20). The number of hydrogen-bond donors (Lipinski definition) is 1. The third kappa shape index (κ3) is 2.35. The Balaban J connectivity index is 2.02. The van der Waals surface area contributed by atoms with Crippen molar-refractivity contribution < 1.29 is 0 Å². The first-order valence-corrected chi connectivity index (χ1v) is 6.85. The van der Waals surface area contributed by atoms with E-state index < -0.39 is 0 Å². The lowest BCUT2D eigenvalue weighted by Crippen LogP contribution is -1.88. The second kappa shape index (κ2) is 5.29. The molecule has 0 bridgehead atoms. The zero-order valence-electron chi connectivity index (χ0n) is 11.7. The lowest BCUT2D eigenvalue weighted by Gasteiger charge is -2.03. The fourth-order valence-electron chi connectivity index (χ4n) is 2.36. The molecule has 20 heavy (non-hydrogen) atoms. The van der Waals surface area contributed by atoms with Crippen LogP contribution in [0.3, 0.4) is 0 Å². The molecule has 1 aromatic heterocycles. The molecular weight excluding hydrogens is 246 g/mol. The second-order valence-corrected chi connectivity index (χ2v) is 4.89. The first kappa shape index (κ1) is 12.6. The van der Waals surface area contributed by atoms with Crippen LogP contribution in [0.15, 0.2) is 48.5 Å². The minimum Gasteiger partial charge on any atom is -0.259 e. The third-order valence-electron chi connectivity index (χ3n) is 3.42. The van der Waals surface area contributed by atoms with Crippen molar-refractivity contribution >= 4 is 0 Å². The van der Waals surface area contributed by atoms with Crippen LogP contribution in [-0.2, 0) is 6.42 Å². The third-order valence-corrected chi connectivity index (χ3v) is 3.42. The van der Waals surface area contributed by atoms with Gasteiger partial charge >= 0.3 is 0 Å². The van der Waals surface area contributed by atoms with Crippen LogP contribution in [0.5, 0.6) is 0 Å². The van der Waals surface area contributed by atoms with Crippen molar-refractivity contribution in [2.75, 3.05) is 0 Å². The average molecular weight is 263 g/mol. The van der Waals surface area contributed by atoms with E-state index in [1.54, 1.807) is 0 Å². The first-order valence-electron chi connectivity index (χ1n) is 6.85. The van der Waals surface area contributed by atoms with Gasteiger partial charge in [-0.15, -0.1) is 0 Å². The number of benzene rings is 2. The van der Waals surface area contributed by atoms with Crippen LogP contribution in [-0.4, -0.2) is 15.2 Å². The van der Waals surface area contributed by atoms with Gasteiger partial charge < -0.3 is 0 Å². The van der Waals surface area contributed by atoms with Gasteiger partial charge in [-0.3, -0.25) is 5.10 Å². The highest BCUT2D eigenvalue weighted by atomic mass is 15.2. The van der Waals surface area contributed by atoms with Crippen molar-refractivity contribution in [2.45, 2.75) is 20.3 Å². The van der Waals surface area contributed by atoms with E-state index >= 15 is 0 Å². The molecule has 0 aliphatic carbocycles. The Morgan fingerprint density at radius 3 is 2.70 bits per heavy atom. The summed E-state index contributed by atoms with van der Waals surface area (Å²) in [4.78, 5) is 4.63. The molecule has 0 aliphatic heterocycles. The van der Waals surface area contributed by atoms with Crippen molar-refractivity contribution in [3.8, 4) is 22.8 Å². The van der Waals surface area contributed by atoms with Crippen molar-refractivity contribution in [1.29, 1.82) is 0 Å². The Hall–Kier alpha value is -2.42. The minimum absolute atomic E-state index is 0.745. The largest absolute Gasteiger partial charge is 0.259 e. The predicted molar refractivity (Wildman–Crippen MR) is 81.4 cm³/mol. The maximum Gasteiger partial charge on any atom is 0.181 e. The molecule has 100 valence electrons. The van der Waals surface area contributed by atoms with Gasteiger partial charge in [0.05, 0.1) is 0 Å². The van der Waals surface area contributed by atoms with Crippen molar-refractivity contribution in [1.82, 2.24) is 15.2 Å². The van der Waals surface area contributed by atoms with Gasteiger partial charge in [0.1, 0.15) is 0 Å². The number of nitrogens with zero attached hydrogens (tertiary/aromatic N) is 2. The predicted octanol–water partition coefficient (Wildman–Crippen LogP) is 4.01. The van der Waals surface area contributed by atoms with Crippen molar-refractivity contribution in [3.05, 3.63) is 59.7 Å². The van der Waals surface area contributed by atoms with Crippen LogP contribution >= 0.6 is 0 Å². The van der Waals surface area contributed by atoms with E-state index in [1.165, 1.54) is 11.1 Å². The summed E-state index contributed by atoms with van der Waals surface area (Å²) in [7, 11) is 0. The normalized spacial score (nSPS) is 10.7. The van der Waals surface area contributed by atoms with E-state index in [1.807, 2.05) is 18.2 Å². The molecule has 0 aliphatic rings. The summed E-state index contributed by atoms with van der Waals surface area (Å²) < 4.78 is 0. The minimum atomic E-state index is 0.745. The molecule has 3 nitrogen and oxygen atoms in total. The molecule has 0 atom stereocenters. The summed E-state index contributed by atoms with van der Waals surface area (Å²) in [5.41, 5.74) is 4.66. The number of H-pyrrole nitrogens is 1. The van der Waals surface area contributed by atoms with E-state index in [0.717, 1.165) is 29.2 Å². The molecule has 0 unspecified atom stereocenters. The van der Waals surface area contributed by atoms with Crippen LogP contribution in [0.2, 0.25) is 0 Å². The summed E-state index contributed by atoms with van der Waals surface area (Å²) in [5, 5.41) is 7.40. The van der Waals surface area contributed by atoms with E-state index in [9.17, 15) is 0 Å². The molecule has 0 saturated heterocycles. The van der Waals surface area contributed by atoms with E-state index in [0.29, 0.717) is 0 Å². The fraction of sp³-hybridized carbons (Fsp3) is 0.176. The van der Waals surface area contributed by atoms with Gasteiger partial charge in [0, 0.05) is 11.1 Å². The van der Waals surface area contributed by atoms with Crippen LogP contribution in [0.25, 0.3) is 22.8 Å². The molecule has 0 amide bonds. The summed E-state index contributed by atoms with van der Waals surface area (Å²) in [6, 6.07) is 16.5. The van der Waals surface area contributed by atoms with Crippen LogP contribution in [0.1, 0.15) is 18.1 Å². The number of nitrogens with one attached hydrogen (secondary N) is 1. The van der Waals surface area contributed by atoms with Gasteiger partial charge in [-0.2, -0.15) is 5.10 Å². The molecule has 0 saturated carbocycles. The van der Waals surface area contributed by atoms with Crippen LogP contribution in [0.4, 0.5) is 0 Å². The highest BCUT2D eigenvalue weighted by Gasteiger charge is 2.10. The second-order valence-electron chi connectivity index (χ2n) is 4.89. The Labute approximate surface area is 118 Å². The number of aromatic amines is 1. The van der Waals surface area contributed by atoms with Crippen LogP contribution < -0.4 is 0 Å². The summed E-state index contributed by atoms with van der Waals surface area (Å²) in [6.07, 6.45) is 0.983. The van der Waals surface area contributed by atoms with E-state index in [-0.39, 0.29) is 0 Å². The monoisotopic (exact) mass is 263 g/mol. The quantitative estimate of drug-likeness (QED) is 0.775. The SMILES string of the molecule is CCc1ccccc1-c1nc(-c2cccc(C)c2)n[nH]1. The Bertz CT molecular complexity index is 728. The molecule has 3 heteroatoms. The fourth-order valence-corrected chi connectivity index (χ4v) is 2.36. The zero-order chi connectivity index (χ0) is 13.9. The Morgan fingerprint density at radius 1 is 1.05 bits per heavy atom. The molecule has 3 aromatic rings. The molecule has 2 aromatic carbocycles. The summed E-state index contributed by atoms with van der Waals surface area (Å²) in [6.45, 7) is 4.22. The smallest absolute Gasteiger partial charge is 0.181 e. The lowest BCUT2D eigenvalue weighted by atomic mass is 10.1. The summed E-state index contributed by atoms with van der Waals surface area (Å²) >= 11 is 0. The van der Waals surface area contributed by atoms with Gasteiger partial charge in [0.25, 0.3) is 0 Å². The highest BCUT2D eigenvalue weighted by Crippen LogP contribution is 2.23. The van der Waals surface area contributed by atoms with Gasteiger partial charge in [0.15, 0.2) is 11.6 Å². The lowest BCUT2D eigenvalue weighted by molar-refractivity contribution is 1.08. The molecule has 1 N–H and O–H groups in total. The number of hydrogen-bond acceptors (Lipinski definition) is 2. The molecule has 0 radical (unpaired) electrons. The maximum absolute atomic E-state index is 4.63. The maximum atomic E-state index is 4.63. The molecular formula is C17H17N3. The Morgan fingerprint density at radius 2 is 1.90 bits per heavy atom. The average Bonchev–Trinajstić information content (AvgIpc) is 2.97. The van der Waals surface area contributed by atoms with E-state index in [2.05, 4.69) is 59.4 Å². The topological polar surface area (TPSA) is 41.6 Å². The van der Waals surface area contributed by atoms with Crippen molar-refractivity contribution in [3.63, 3.8) is 0 Å². The number of aromatic nitrogens is 3. The molecule has 3 rings (SSSR count). The first-order chi connectivity index (χ1) is 9.78. The zero-order valence-corrected chi connectivity index (χ0v) is 11.7. The molecule has 0 fully saturated rings. The number of rotatable bonds is 3. The highest BCUT2D eigenvalue weighted by molar-refractivity contribution is 5.64. The van der Waals surface area contributed by atoms with Crippen molar-refractivity contribution in [2.24, 2.45) is 0 Å². The number of aryl methyl sites for hydroxylation is 2. The van der Waals surface area contributed by atoms with Gasteiger partial charge in [-0.1, -0.05) is 55.0 Å².